The van der Waals surface area contributed by atoms with E-state index >= 15 is 0 Å². The third-order valence-corrected chi connectivity index (χ3v) is 6.06. The van der Waals surface area contributed by atoms with E-state index in [1.165, 1.54) is 29.4 Å². The Morgan fingerprint density at radius 2 is 2.16 bits per heavy atom. The summed E-state index contributed by atoms with van der Waals surface area (Å²) in [6.07, 6.45) is -0.0693. The van der Waals surface area contributed by atoms with Gasteiger partial charge in [-0.1, -0.05) is 0 Å². The van der Waals surface area contributed by atoms with Gasteiger partial charge in [-0.2, -0.15) is 4.68 Å². The zero-order chi connectivity index (χ0) is 22.9. The molecule has 2 aliphatic rings. The summed E-state index contributed by atoms with van der Waals surface area (Å²) in [5.74, 6) is -3.02. The zero-order valence-corrected chi connectivity index (χ0v) is 17.4. The molecule has 0 aliphatic carbocycles. The normalized spacial score (nSPS) is 20.1. The lowest BCUT2D eigenvalue weighted by Gasteiger charge is -2.49. The summed E-state index contributed by atoms with van der Waals surface area (Å²) in [6, 6.07) is 0.395. The van der Waals surface area contributed by atoms with E-state index in [9.17, 15) is 34.4 Å². The van der Waals surface area contributed by atoms with E-state index in [0.29, 0.717) is 11.3 Å². The number of thioether (sulfide) groups is 1. The van der Waals surface area contributed by atoms with Gasteiger partial charge in [0.25, 0.3) is 5.91 Å². The number of ether oxygens (including phenoxy) is 1. The maximum absolute atomic E-state index is 12.5. The van der Waals surface area contributed by atoms with Crippen molar-refractivity contribution in [2.75, 3.05) is 12.4 Å². The number of rotatable bonds is 8. The number of amides is 2. The summed E-state index contributed by atoms with van der Waals surface area (Å²) < 4.78 is 6.19. The summed E-state index contributed by atoms with van der Waals surface area (Å²) in [7, 11) is 0. The van der Waals surface area contributed by atoms with Gasteiger partial charge >= 0.3 is 17.8 Å². The van der Waals surface area contributed by atoms with Crippen molar-refractivity contribution in [1.82, 2.24) is 20.0 Å². The second kappa shape index (κ2) is 8.75. The Bertz CT molecular complexity index is 1000. The van der Waals surface area contributed by atoms with Crippen LogP contribution in [0.4, 0.5) is 5.82 Å². The minimum absolute atomic E-state index is 0.0693. The number of carbonyl (C=O) groups is 4. The topological polar surface area (TPSA) is 174 Å². The highest BCUT2D eigenvalue weighted by Crippen LogP contribution is 2.40. The zero-order valence-electron chi connectivity index (χ0n) is 16.6. The molecule has 1 aromatic rings. The number of nitro groups is 1. The highest BCUT2D eigenvalue weighted by Gasteiger charge is 2.54. The second-order valence-electron chi connectivity index (χ2n) is 6.87. The van der Waals surface area contributed by atoms with Crippen LogP contribution in [-0.2, 0) is 30.5 Å². The van der Waals surface area contributed by atoms with Crippen LogP contribution < -0.4 is 5.32 Å². The molecule has 2 amide bonds. The summed E-state index contributed by atoms with van der Waals surface area (Å²) in [5, 5.41) is 26.1. The fourth-order valence-corrected chi connectivity index (χ4v) is 4.57. The average molecular weight is 453 g/mol. The molecule has 2 atom stereocenters. The Morgan fingerprint density at radius 3 is 2.74 bits per heavy atom. The summed E-state index contributed by atoms with van der Waals surface area (Å²) >= 11 is 1.26. The van der Waals surface area contributed by atoms with Gasteiger partial charge in [0.05, 0.1) is 23.4 Å². The lowest BCUT2D eigenvalue weighted by molar-refractivity contribution is -0.389. The Balaban J connectivity index is 1.62. The molecule has 1 saturated heterocycles. The van der Waals surface area contributed by atoms with Crippen molar-refractivity contribution < 1.29 is 33.9 Å². The number of aliphatic carboxylic acids is 1. The minimum Gasteiger partial charge on any atom is -0.477 e. The molecule has 14 heteroatoms. The first kappa shape index (κ1) is 22.3. The number of esters is 1. The van der Waals surface area contributed by atoms with Crippen molar-refractivity contribution in [2.24, 2.45) is 0 Å². The molecule has 0 radical (unpaired) electrons. The van der Waals surface area contributed by atoms with Crippen molar-refractivity contribution in [3.05, 3.63) is 33.1 Å². The van der Waals surface area contributed by atoms with Crippen LogP contribution in [-0.4, -0.2) is 72.2 Å². The Labute approximate surface area is 179 Å². The molecule has 13 nitrogen and oxygen atoms in total. The molecule has 2 N–H and O–H groups in total. The standard InChI is InChI=1S/C17H19N5O8S/c1-8-5-11(22(28)29)19-20(8)4-3-12(24)18-13-15(25)21-14(17(26)27)10(6-30-9(2)23)7-31-16(13)21/h5,13,16H,3-4,6-7H2,1-2H3,(H,18,24)(H,26,27)/t13-,16+/m1/s1. The lowest BCUT2D eigenvalue weighted by Crippen LogP contribution is -2.70. The van der Waals surface area contributed by atoms with Crippen molar-refractivity contribution in [3.63, 3.8) is 0 Å². The Hall–Kier alpha value is -3.42. The van der Waals surface area contributed by atoms with Gasteiger partial charge in [-0.05, 0) is 11.8 Å². The molecule has 1 fully saturated rings. The first-order valence-electron chi connectivity index (χ1n) is 9.11. The second-order valence-corrected chi connectivity index (χ2v) is 7.97. The van der Waals surface area contributed by atoms with Crippen LogP contribution in [0.25, 0.3) is 0 Å². The van der Waals surface area contributed by atoms with Crippen LogP contribution in [0.1, 0.15) is 19.0 Å². The third kappa shape index (κ3) is 4.52. The van der Waals surface area contributed by atoms with E-state index in [4.69, 9.17) is 4.74 Å². The molecule has 1 aromatic heterocycles. The first-order valence-corrected chi connectivity index (χ1v) is 10.2. The monoisotopic (exact) mass is 453 g/mol. The van der Waals surface area contributed by atoms with Gasteiger partial charge in [-0.25, -0.2) is 4.79 Å². The Kier molecular flexibility index (Phi) is 6.29. The summed E-state index contributed by atoms with van der Waals surface area (Å²) in [6.45, 7) is 2.67. The SMILES string of the molecule is CC(=O)OCC1=C(C(=O)O)N2C(=O)[C@@H](NC(=O)CCn3nc([N+](=O)[O-])cc3C)[C@@H]2SC1. The number of nitrogens with one attached hydrogen (secondary N) is 1. The molecule has 0 spiro atoms. The highest BCUT2D eigenvalue weighted by molar-refractivity contribution is 8.00. The Morgan fingerprint density at radius 1 is 1.45 bits per heavy atom. The van der Waals surface area contributed by atoms with Gasteiger partial charge in [0.1, 0.15) is 23.7 Å². The number of fused-ring (bicyclic) bond motifs is 1. The summed E-state index contributed by atoms with van der Waals surface area (Å²) in [4.78, 5) is 58.7. The number of hydrogen-bond donors (Lipinski definition) is 2. The maximum atomic E-state index is 12.5. The average Bonchev–Trinajstić information content (AvgIpc) is 3.08. The van der Waals surface area contributed by atoms with E-state index in [2.05, 4.69) is 10.4 Å². The van der Waals surface area contributed by atoms with E-state index in [1.54, 1.807) is 6.92 Å². The predicted molar refractivity (Wildman–Crippen MR) is 105 cm³/mol. The van der Waals surface area contributed by atoms with Gasteiger partial charge in [-0.3, -0.25) is 19.3 Å². The largest absolute Gasteiger partial charge is 0.477 e. The fraction of sp³-hybridized carbons (Fsp3) is 0.471. The van der Waals surface area contributed by atoms with Crippen molar-refractivity contribution in [1.29, 1.82) is 0 Å². The van der Waals surface area contributed by atoms with Crippen LogP contribution in [0.15, 0.2) is 17.3 Å². The molecule has 2 aliphatic heterocycles. The first-order chi connectivity index (χ1) is 14.6. The van der Waals surface area contributed by atoms with Crippen molar-refractivity contribution in [3.8, 4) is 0 Å². The van der Waals surface area contributed by atoms with Crippen LogP contribution in [0.2, 0.25) is 0 Å². The predicted octanol–water partition coefficient (Wildman–Crippen LogP) is -0.208. The van der Waals surface area contributed by atoms with Gasteiger partial charge in [0.2, 0.25) is 5.91 Å². The molecule has 166 valence electrons. The van der Waals surface area contributed by atoms with Gasteiger partial charge < -0.3 is 25.3 Å². The van der Waals surface area contributed by atoms with Crippen LogP contribution in [0, 0.1) is 17.0 Å². The van der Waals surface area contributed by atoms with Crippen LogP contribution in [0.3, 0.4) is 0 Å². The lowest BCUT2D eigenvalue weighted by atomic mass is 10.0. The van der Waals surface area contributed by atoms with Crippen molar-refractivity contribution >= 4 is 41.3 Å². The number of aromatic nitrogens is 2. The number of hydrogen-bond acceptors (Lipinski definition) is 9. The van der Waals surface area contributed by atoms with Gasteiger partial charge in [0, 0.05) is 24.7 Å². The molecule has 3 heterocycles. The van der Waals surface area contributed by atoms with Crippen molar-refractivity contribution in [2.45, 2.75) is 38.2 Å². The molecule has 0 aromatic carbocycles. The van der Waals surface area contributed by atoms with Crippen LogP contribution >= 0.6 is 11.8 Å². The molecule has 0 bridgehead atoms. The number of β-lactam (4-membered cyclic amide) rings is 1. The third-order valence-electron chi connectivity index (χ3n) is 4.72. The smallest absolute Gasteiger partial charge is 0.390 e. The van der Waals surface area contributed by atoms with Gasteiger partial charge in [-0.15, -0.1) is 11.8 Å². The van der Waals surface area contributed by atoms with Gasteiger partial charge in [0.15, 0.2) is 0 Å². The van der Waals surface area contributed by atoms with E-state index in [0.717, 1.165) is 4.90 Å². The molecular formula is C17H19N5O8S. The number of carboxylic acid groups (broad SMARTS) is 1. The maximum Gasteiger partial charge on any atom is 0.390 e. The highest BCUT2D eigenvalue weighted by atomic mass is 32.2. The number of nitrogens with zero attached hydrogens (tertiary/aromatic N) is 4. The van der Waals surface area contributed by atoms with E-state index < -0.39 is 40.1 Å². The number of aryl methyl sites for hydroxylation is 2. The molecule has 3 rings (SSSR count). The molecular weight excluding hydrogens is 434 g/mol. The molecule has 0 unspecified atom stereocenters. The van der Waals surface area contributed by atoms with Crippen LogP contribution in [0.5, 0.6) is 0 Å². The molecule has 31 heavy (non-hydrogen) atoms. The quantitative estimate of drug-likeness (QED) is 0.232. The van der Waals surface area contributed by atoms with E-state index in [1.807, 2.05) is 0 Å². The fourth-order valence-electron chi connectivity index (χ4n) is 3.24. The number of carboxylic acids is 1. The summed E-state index contributed by atoms with van der Waals surface area (Å²) in [5.41, 5.74) is 0.586. The number of carbonyl (C=O) groups excluding carboxylic acids is 3. The minimum atomic E-state index is -1.32. The van der Waals surface area contributed by atoms with E-state index in [-0.39, 0.29) is 36.8 Å². The molecule has 0 saturated carbocycles.